The van der Waals surface area contributed by atoms with Crippen LogP contribution in [0, 0.1) is 12.8 Å². The number of hydrogen-bond acceptors (Lipinski definition) is 4. The van der Waals surface area contributed by atoms with E-state index >= 15 is 0 Å². The lowest BCUT2D eigenvalue weighted by Gasteiger charge is -2.07. The second-order valence-electron chi connectivity index (χ2n) is 6.45. The average molecular weight is 338 g/mol. The molecule has 130 valence electrons. The van der Waals surface area contributed by atoms with Crippen LogP contribution in [0.2, 0.25) is 0 Å². The van der Waals surface area contributed by atoms with Crippen LogP contribution in [-0.4, -0.2) is 21.9 Å². The van der Waals surface area contributed by atoms with Crippen molar-refractivity contribution >= 4 is 12.0 Å². The molecular weight excluding hydrogens is 316 g/mol. The Morgan fingerprint density at radius 1 is 1.32 bits per heavy atom. The number of pyridine rings is 1. The van der Waals surface area contributed by atoms with Gasteiger partial charge in [0, 0.05) is 24.0 Å². The van der Waals surface area contributed by atoms with Gasteiger partial charge in [0.05, 0.1) is 10.9 Å². The van der Waals surface area contributed by atoms with Crippen LogP contribution in [-0.2, 0) is 0 Å². The normalized spacial score (nSPS) is 16.2. The molecular formula is C19H22N4O2. The molecule has 0 fully saturated rings. The summed E-state index contributed by atoms with van der Waals surface area (Å²) in [7, 11) is 0. The Balaban J connectivity index is 2.00. The summed E-state index contributed by atoms with van der Waals surface area (Å²) in [5.41, 5.74) is 1.37. The van der Waals surface area contributed by atoms with Gasteiger partial charge in [-0.15, -0.1) is 0 Å². The highest BCUT2D eigenvalue weighted by molar-refractivity contribution is 5.94. The molecule has 25 heavy (non-hydrogen) atoms. The maximum Gasteiger partial charge on any atom is 0.255 e. The number of aromatic amines is 1. The minimum Gasteiger partial charge on any atom is -0.421 e. The van der Waals surface area contributed by atoms with Crippen molar-refractivity contribution in [3.63, 3.8) is 0 Å². The van der Waals surface area contributed by atoms with E-state index in [-0.39, 0.29) is 17.9 Å². The number of nitrogens with zero attached hydrogens (tertiary/aromatic N) is 2. The third kappa shape index (κ3) is 3.96. The molecule has 6 nitrogen and oxygen atoms in total. The van der Waals surface area contributed by atoms with Crippen molar-refractivity contribution in [2.24, 2.45) is 10.9 Å². The van der Waals surface area contributed by atoms with E-state index in [1.807, 2.05) is 52.0 Å². The fourth-order valence-electron chi connectivity index (χ4n) is 2.61. The lowest BCUT2D eigenvalue weighted by molar-refractivity contribution is 0.0942. The molecule has 1 aliphatic rings. The van der Waals surface area contributed by atoms with Crippen LogP contribution in [0.25, 0.3) is 6.08 Å². The summed E-state index contributed by atoms with van der Waals surface area (Å²) in [6, 6.07) is 5.62. The molecule has 3 rings (SSSR count). The summed E-state index contributed by atoms with van der Waals surface area (Å²) in [4.78, 5) is 24.5. The largest absolute Gasteiger partial charge is 0.421 e. The Morgan fingerprint density at radius 2 is 2.12 bits per heavy atom. The highest BCUT2D eigenvalue weighted by Gasteiger charge is 2.15. The number of aromatic nitrogens is 2. The fourth-order valence-corrected chi connectivity index (χ4v) is 2.61. The van der Waals surface area contributed by atoms with Crippen LogP contribution in [0.4, 0.5) is 0 Å². The molecule has 6 heteroatoms. The standard InChI is InChI=1S/C19H22N4O2/c1-11(2)21-19(24)14-10-20-15-8-12(3)9-17(23-18(14)15)25-16-7-5-6-13(4)22-16/h5-12,20H,1-4H3,(H,21,24). The number of ether oxygens (including phenoxy) is 1. The monoisotopic (exact) mass is 338 g/mol. The zero-order valence-corrected chi connectivity index (χ0v) is 14.8. The molecule has 0 aliphatic carbocycles. The van der Waals surface area contributed by atoms with Crippen molar-refractivity contribution in [3.8, 4) is 5.88 Å². The molecule has 2 aromatic rings. The first kappa shape index (κ1) is 17.0. The van der Waals surface area contributed by atoms with Crippen LogP contribution in [0.1, 0.15) is 36.8 Å². The molecule has 0 bridgehead atoms. The van der Waals surface area contributed by atoms with Gasteiger partial charge in [-0.2, -0.15) is 0 Å². The number of carbonyl (C=O) groups is 1. The van der Waals surface area contributed by atoms with Crippen molar-refractivity contribution in [1.29, 1.82) is 0 Å². The topological polar surface area (TPSA) is 79.4 Å². The first-order valence-electron chi connectivity index (χ1n) is 8.34. The molecule has 0 saturated heterocycles. The number of hydrogen-bond donors (Lipinski definition) is 2. The van der Waals surface area contributed by atoms with Crippen LogP contribution in [0.3, 0.4) is 0 Å². The molecule has 0 spiro atoms. The van der Waals surface area contributed by atoms with E-state index in [1.165, 1.54) is 0 Å². The molecule has 1 aliphatic heterocycles. The van der Waals surface area contributed by atoms with Gasteiger partial charge in [-0.1, -0.05) is 19.1 Å². The third-order valence-electron chi connectivity index (χ3n) is 3.68. The lowest BCUT2D eigenvalue weighted by atomic mass is 10.1. The Labute approximate surface area is 146 Å². The van der Waals surface area contributed by atoms with Gasteiger partial charge in [-0.3, -0.25) is 4.79 Å². The first-order chi connectivity index (χ1) is 11.9. The number of allylic oxidation sites excluding steroid dienone is 1. The van der Waals surface area contributed by atoms with Gasteiger partial charge >= 0.3 is 0 Å². The van der Waals surface area contributed by atoms with E-state index in [0.29, 0.717) is 22.7 Å². The Morgan fingerprint density at radius 3 is 2.84 bits per heavy atom. The summed E-state index contributed by atoms with van der Waals surface area (Å²) in [5, 5.41) is 4.29. The number of carbonyl (C=O) groups excluding carboxylic acids is 1. The molecule has 3 heterocycles. The summed E-state index contributed by atoms with van der Waals surface area (Å²) in [6.45, 7) is 7.78. The second kappa shape index (κ2) is 6.93. The molecule has 2 N–H and O–H groups in total. The molecule has 1 amide bonds. The predicted octanol–water partition coefficient (Wildman–Crippen LogP) is 1.83. The smallest absolute Gasteiger partial charge is 0.255 e. The lowest BCUT2D eigenvalue weighted by Crippen LogP contribution is -2.36. The van der Waals surface area contributed by atoms with E-state index in [1.54, 1.807) is 12.3 Å². The summed E-state index contributed by atoms with van der Waals surface area (Å²) < 4.78 is 5.85. The quantitative estimate of drug-likeness (QED) is 0.892. The van der Waals surface area contributed by atoms with Crippen molar-refractivity contribution in [2.45, 2.75) is 33.7 Å². The SMILES string of the molecule is Cc1cccc(OC2=CC(C)C=c3[nH]cc(C(=O)NC(C)C)c3=N2)n1. The van der Waals surface area contributed by atoms with Crippen molar-refractivity contribution in [2.75, 3.05) is 0 Å². The van der Waals surface area contributed by atoms with E-state index in [2.05, 4.69) is 20.3 Å². The third-order valence-corrected chi connectivity index (χ3v) is 3.68. The molecule has 0 radical (unpaired) electrons. The van der Waals surface area contributed by atoms with E-state index in [4.69, 9.17) is 4.74 Å². The van der Waals surface area contributed by atoms with Crippen molar-refractivity contribution < 1.29 is 9.53 Å². The fraction of sp³-hybridized carbons (Fsp3) is 0.316. The Kier molecular flexibility index (Phi) is 4.70. The van der Waals surface area contributed by atoms with Gasteiger partial charge in [-0.25, -0.2) is 9.98 Å². The minimum atomic E-state index is -0.160. The molecule has 1 unspecified atom stereocenters. The number of amides is 1. The van der Waals surface area contributed by atoms with Crippen molar-refractivity contribution in [3.05, 3.63) is 58.3 Å². The van der Waals surface area contributed by atoms with E-state index < -0.39 is 0 Å². The first-order valence-corrected chi connectivity index (χ1v) is 8.34. The van der Waals surface area contributed by atoms with E-state index in [9.17, 15) is 4.79 Å². The predicted molar refractivity (Wildman–Crippen MR) is 95.5 cm³/mol. The van der Waals surface area contributed by atoms with Gasteiger partial charge in [0.15, 0.2) is 0 Å². The Hall–Kier alpha value is -2.89. The highest BCUT2D eigenvalue weighted by atomic mass is 16.5. The number of aryl methyl sites for hydroxylation is 1. The molecule has 0 saturated carbocycles. The summed E-state index contributed by atoms with van der Waals surface area (Å²) >= 11 is 0. The average Bonchev–Trinajstić information content (AvgIpc) is 2.82. The van der Waals surface area contributed by atoms with E-state index in [0.717, 1.165) is 11.0 Å². The number of H-pyrrole nitrogens is 1. The highest BCUT2D eigenvalue weighted by Crippen LogP contribution is 2.15. The van der Waals surface area contributed by atoms with Gasteiger partial charge < -0.3 is 15.0 Å². The van der Waals surface area contributed by atoms with Crippen LogP contribution >= 0.6 is 0 Å². The number of fused-ring (bicyclic) bond motifs is 1. The summed E-state index contributed by atoms with van der Waals surface area (Å²) in [5.74, 6) is 0.852. The summed E-state index contributed by atoms with van der Waals surface area (Å²) in [6.07, 6.45) is 5.61. The second-order valence-corrected chi connectivity index (χ2v) is 6.45. The molecule has 1 atom stereocenters. The van der Waals surface area contributed by atoms with Crippen LogP contribution in [0.15, 0.2) is 41.3 Å². The van der Waals surface area contributed by atoms with Gasteiger partial charge in [0.1, 0.15) is 5.36 Å². The van der Waals surface area contributed by atoms with Crippen LogP contribution < -0.4 is 20.8 Å². The van der Waals surface area contributed by atoms with Gasteiger partial charge in [0.25, 0.3) is 5.91 Å². The maximum atomic E-state index is 12.4. The Bertz CT molecular complexity index is 941. The number of nitrogens with one attached hydrogen (secondary N) is 2. The number of rotatable bonds is 4. The van der Waals surface area contributed by atoms with Gasteiger partial charge in [-0.05, 0) is 38.8 Å². The zero-order valence-electron chi connectivity index (χ0n) is 14.8. The molecule has 2 aromatic heterocycles. The minimum absolute atomic E-state index is 0.0505. The van der Waals surface area contributed by atoms with Crippen molar-refractivity contribution in [1.82, 2.24) is 15.3 Å². The van der Waals surface area contributed by atoms with Crippen LogP contribution in [0.5, 0.6) is 5.88 Å². The molecule has 0 aromatic carbocycles. The zero-order chi connectivity index (χ0) is 18.0. The maximum absolute atomic E-state index is 12.4. The van der Waals surface area contributed by atoms with Gasteiger partial charge in [0.2, 0.25) is 11.8 Å².